The second-order valence-electron chi connectivity index (χ2n) is 7.29. The molecule has 6 heteroatoms. The van der Waals surface area contributed by atoms with Crippen LogP contribution in [0.5, 0.6) is 0 Å². The summed E-state index contributed by atoms with van der Waals surface area (Å²) in [6, 6.07) is 15.0. The molecule has 0 spiro atoms. The highest BCUT2D eigenvalue weighted by Gasteiger charge is 2.39. The van der Waals surface area contributed by atoms with Gasteiger partial charge in [-0.2, -0.15) is 5.10 Å². The van der Waals surface area contributed by atoms with Crippen molar-refractivity contribution in [1.82, 2.24) is 14.8 Å². The number of aryl methyl sites for hydroxylation is 3. The number of carbonyl (C=O) groups excluding carboxylic acids is 2. The zero-order chi connectivity index (χ0) is 20.3. The fourth-order valence-electron chi connectivity index (χ4n) is 3.81. The number of pyridine rings is 1. The van der Waals surface area contributed by atoms with Crippen LogP contribution in [0, 0.1) is 20.8 Å². The number of aromatic nitrogens is 3. The van der Waals surface area contributed by atoms with Crippen molar-refractivity contribution in [2.75, 3.05) is 4.90 Å². The van der Waals surface area contributed by atoms with E-state index < -0.39 is 0 Å². The van der Waals surface area contributed by atoms with Gasteiger partial charge in [0.25, 0.3) is 11.8 Å². The van der Waals surface area contributed by atoms with Crippen molar-refractivity contribution in [1.29, 1.82) is 0 Å². The Labute approximate surface area is 167 Å². The average Bonchev–Trinajstić information content (AvgIpc) is 3.19. The number of benzene rings is 2. The zero-order valence-corrected chi connectivity index (χ0v) is 16.3. The zero-order valence-electron chi connectivity index (χ0n) is 16.3. The lowest BCUT2D eigenvalue weighted by Crippen LogP contribution is -2.29. The molecule has 1 aliphatic rings. The van der Waals surface area contributed by atoms with Crippen molar-refractivity contribution in [3.8, 4) is 5.69 Å². The first kappa shape index (κ1) is 17.3. The number of hydrogen-bond donors (Lipinski definition) is 0. The second-order valence-corrected chi connectivity index (χ2v) is 7.29. The Bertz CT molecular complexity index is 1320. The van der Waals surface area contributed by atoms with E-state index in [0.717, 1.165) is 11.3 Å². The predicted octanol–water partition coefficient (Wildman–Crippen LogP) is 4.15. The van der Waals surface area contributed by atoms with E-state index in [1.807, 2.05) is 38.1 Å². The summed E-state index contributed by atoms with van der Waals surface area (Å²) in [5.74, 6) is -0.699. The van der Waals surface area contributed by atoms with Crippen molar-refractivity contribution in [2.24, 2.45) is 0 Å². The second kappa shape index (κ2) is 6.10. The number of hydrogen-bond acceptors (Lipinski definition) is 4. The van der Waals surface area contributed by atoms with Crippen LogP contribution in [0.15, 0.2) is 54.7 Å². The molecule has 5 rings (SSSR count). The van der Waals surface area contributed by atoms with Gasteiger partial charge in [-0.25, -0.2) is 14.6 Å². The van der Waals surface area contributed by atoms with E-state index in [9.17, 15) is 9.59 Å². The van der Waals surface area contributed by atoms with Gasteiger partial charge in [-0.1, -0.05) is 24.3 Å². The molecule has 0 atom stereocenters. The highest BCUT2D eigenvalue weighted by Crippen LogP contribution is 2.34. The summed E-state index contributed by atoms with van der Waals surface area (Å²) in [6.45, 7) is 5.94. The minimum absolute atomic E-state index is 0.314. The van der Waals surface area contributed by atoms with Crippen LogP contribution < -0.4 is 4.90 Å². The minimum atomic E-state index is -0.357. The maximum atomic E-state index is 13.3. The Balaban J connectivity index is 1.73. The third kappa shape index (κ3) is 2.42. The first-order valence-electron chi connectivity index (χ1n) is 9.37. The van der Waals surface area contributed by atoms with E-state index in [4.69, 9.17) is 0 Å². The molecule has 142 valence electrons. The summed E-state index contributed by atoms with van der Waals surface area (Å²) in [5.41, 5.74) is 5.67. The lowest BCUT2D eigenvalue weighted by Gasteiger charge is -2.13. The van der Waals surface area contributed by atoms with Gasteiger partial charge in [-0.3, -0.25) is 9.59 Å². The quantitative estimate of drug-likeness (QED) is 0.489. The van der Waals surface area contributed by atoms with Crippen molar-refractivity contribution in [3.63, 3.8) is 0 Å². The number of anilines is 1. The van der Waals surface area contributed by atoms with Gasteiger partial charge < -0.3 is 0 Å². The number of para-hydroxylation sites is 1. The van der Waals surface area contributed by atoms with E-state index in [1.54, 1.807) is 28.9 Å². The summed E-state index contributed by atoms with van der Waals surface area (Å²) < 4.78 is 1.74. The van der Waals surface area contributed by atoms with Gasteiger partial charge in [-0.05, 0) is 56.2 Å². The normalized spacial score (nSPS) is 13.4. The van der Waals surface area contributed by atoms with Crippen LogP contribution in [0.1, 0.15) is 37.5 Å². The number of amides is 2. The van der Waals surface area contributed by atoms with Crippen LogP contribution in [-0.2, 0) is 0 Å². The highest BCUT2D eigenvalue weighted by molar-refractivity contribution is 6.37. The molecule has 0 fully saturated rings. The van der Waals surface area contributed by atoms with Crippen molar-refractivity contribution < 1.29 is 9.59 Å². The first-order valence-corrected chi connectivity index (χ1v) is 9.37. The summed E-state index contributed by atoms with van der Waals surface area (Å²) in [5, 5.41) is 5.26. The van der Waals surface area contributed by atoms with Crippen LogP contribution >= 0.6 is 0 Å². The maximum Gasteiger partial charge on any atom is 0.267 e. The minimum Gasteiger partial charge on any atom is -0.268 e. The number of fused-ring (bicyclic) bond motifs is 3. The van der Waals surface area contributed by atoms with Crippen LogP contribution in [0.3, 0.4) is 0 Å². The molecule has 0 aliphatic carbocycles. The SMILES string of the molecule is Cc1ccc(-n2nc(C)c3c4c(cnc32)C(=O)N(c2ccccc2)C4=O)cc1C. The molecule has 0 radical (unpaired) electrons. The fourth-order valence-corrected chi connectivity index (χ4v) is 3.81. The standard InChI is InChI=1S/C23H18N4O2/c1-13-9-10-17(11-14(13)2)27-21-19(15(3)25-27)20-18(12-24-21)22(28)26(23(20)29)16-7-5-4-6-8-16/h4-12H,1-3H3. The van der Waals surface area contributed by atoms with Gasteiger partial charge in [0.15, 0.2) is 5.65 Å². The molecule has 4 aromatic rings. The first-order chi connectivity index (χ1) is 14.0. The molecule has 0 bridgehead atoms. The molecular formula is C23H18N4O2. The van der Waals surface area contributed by atoms with E-state index in [2.05, 4.69) is 17.0 Å². The molecular weight excluding hydrogens is 364 g/mol. The Morgan fingerprint density at radius 1 is 0.828 bits per heavy atom. The van der Waals surface area contributed by atoms with Gasteiger partial charge in [-0.15, -0.1) is 0 Å². The largest absolute Gasteiger partial charge is 0.268 e. The number of nitrogens with zero attached hydrogens (tertiary/aromatic N) is 4. The molecule has 0 unspecified atom stereocenters. The number of imide groups is 1. The Kier molecular flexibility index (Phi) is 3.64. The lowest BCUT2D eigenvalue weighted by atomic mass is 10.1. The van der Waals surface area contributed by atoms with Crippen LogP contribution in [0.25, 0.3) is 16.7 Å². The molecule has 0 N–H and O–H groups in total. The van der Waals surface area contributed by atoms with Gasteiger partial charge in [0.1, 0.15) is 0 Å². The molecule has 0 saturated carbocycles. The Morgan fingerprint density at radius 3 is 2.31 bits per heavy atom. The monoisotopic (exact) mass is 382 g/mol. The lowest BCUT2D eigenvalue weighted by molar-refractivity contribution is 0.0926. The van der Waals surface area contributed by atoms with Crippen molar-refractivity contribution in [2.45, 2.75) is 20.8 Å². The van der Waals surface area contributed by atoms with Crippen LogP contribution in [-0.4, -0.2) is 26.6 Å². The van der Waals surface area contributed by atoms with Crippen molar-refractivity contribution >= 4 is 28.5 Å². The summed E-state index contributed by atoms with van der Waals surface area (Å²) >= 11 is 0. The third-order valence-corrected chi connectivity index (χ3v) is 5.47. The smallest absolute Gasteiger partial charge is 0.267 e. The maximum absolute atomic E-state index is 13.3. The Hall–Kier alpha value is -3.80. The van der Waals surface area contributed by atoms with Crippen LogP contribution in [0.2, 0.25) is 0 Å². The van der Waals surface area contributed by atoms with Gasteiger partial charge in [0.05, 0.1) is 33.6 Å². The Morgan fingerprint density at radius 2 is 1.59 bits per heavy atom. The fraction of sp³-hybridized carbons (Fsp3) is 0.130. The van der Waals surface area contributed by atoms with E-state index in [0.29, 0.717) is 33.5 Å². The van der Waals surface area contributed by atoms with Gasteiger partial charge in [0, 0.05) is 6.20 Å². The average molecular weight is 382 g/mol. The highest BCUT2D eigenvalue weighted by atomic mass is 16.2. The van der Waals surface area contributed by atoms with E-state index >= 15 is 0 Å². The number of rotatable bonds is 2. The van der Waals surface area contributed by atoms with Crippen molar-refractivity contribution in [3.05, 3.63) is 82.7 Å². The molecule has 0 saturated heterocycles. The third-order valence-electron chi connectivity index (χ3n) is 5.47. The molecule has 3 heterocycles. The van der Waals surface area contributed by atoms with E-state index in [1.165, 1.54) is 16.7 Å². The molecule has 6 nitrogen and oxygen atoms in total. The van der Waals surface area contributed by atoms with Gasteiger partial charge >= 0.3 is 0 Å². The predicted molar refractivity (Wildman–Crippen MR) is 111 cm³/mol. The molecule has 2 amide bonds. The summed E-state index contributed by atoms with van der Waals surface area (Å²) in [4.78, 5) is 31.9. The van der Waals surface area contributed by atoms with E-state index in [-0.39, 0.29) is 11.8 Å². The summed E-state index contributed by atoms with van der Waals surface area (Å²) in [6.07, 6.45) is 1.49. The van der Waals surface area contributed by atoms with Crippen LogP contribution in [0.4, 0.5) is 5.69 Å². The molecule has 2 aromatic carbocycles. The summed E-state index contributed by atoms with van der Waals surface area (Å²) in [7, 11) is 0. The number of carbonyl (C=O) groups is 2. The molecule has 29 heavy (non-hydrogen) atoms. The molecule has 2 aromatic heterocycles. The molecule has 1 aliphatic heterocycles. The van der Waals surface area contributed by atoms with Gasteiger partial charge in [0.2, 0.25) is 0 Å². The topological polar surface area (TPSA) is 68.1 Å².